The van der Waals surface area contributed by atoms with Gasteiger partial charge in [-0.3, -0.25) is 24.2 Å². The van der Waals surface area contributed by atoms with Crippen LogP contribution in [0, 0.1) is 5.92 Å². The SMILES string of the molecule is CCCCN(C(=O)CN1C[C@H](c2ccc3c(c2)CCO3)[C@@H](C(=O)O)[C@@H]1CCN1CCC(=O)N(C)C1=O)c1ccc[n+](C)c1. The zero-order valence-corrected chi connectivity index (χ0v) is 25.3. The third-order valence-electron chi connectivity index (χ3n) is 9.01. The minimum atomic E-state index is -0.920. The second-order valence-corrected chi connectivity index (χ2v) is 11.8. The highest BCUT2D eigenvalue weighted by Crippen LogP contribution is 2.41. The highest BCUT2D eigenvalue weighted by atomic mass is 16.5. The Morgan fingerprint density at radius 1 is 1.19 bits per heavy atom. The number of hydrogen-bond acceptors (Lipinski definition) is 6. The van der Waals surface area contributed by atoms with E-state index in [1.807, 2.05) is 53.2 Å². The van der Waals surface area contributed by atoms with Crippen molar-refractivity contribution in [1.82, 2.24) is 14.7 Å². The van der Waals surface area contributed by atoms with Crippen molar-refractivity contribution in [2.24, 2.45) is 13.0 Å². The van der Waals surface area contributed by atoms with Crippen LogP contribution < -0.4 is 14.2 Å². The molecular formula is C32H42N5O6+. The molecule has 43 heavy (non-hydrogen) atoms. The normalized spacial score (nSPS) is 22.1. The molecule has 0 spiro atoms. The highest BCUT2D eigenvalue weighted by molar-refractivity contribution is 5.96. The Hall–Kier alpha value is -3.99. The van der Waals surface area contributed by atoms with Crippen molar-refractivity contribution in [2.75, 3.05) is 51.3 Å². The summed E-state index contributed by atoms with van der Waals surface area (Å²) in [6.07, 6.45) is 7.00. The van der Waals surface area contributed by atoms with Crippen molar-refractivity contribution >= 4 is 29.5 Å². The molecule has 11 nitrogen and oxygen atoms in total. The van der Waals surface area contributed by atoms with Gasteiger partial charge in [-0.1, -0.05) is 25.5 Å². The minimum absolute atomic E-state index is 0.0632. The van der Waals surface area contributed by atoms with Crippen LogP contribution >= 0.6 is 0 Å². The number of imide groups is 1. The van der Waals surface area contributed by atoms with Crippen LogP contribution in [-0.4, -0.2) is 96.0 Å². The summed E-state index contributed by atoms with van der Waals surface area (Å²) < 4.78 is 7.59. The Kier molecular flexibility index (Phi) is 9.29. The maximum Gasteiger partial charge on any atom is 0.326 e. The van der Waals surface area contributed by atoms with Gasteiger partial charge in [-0.05, 0) is 36.1 Å². The summed E-state index contributed by atoms with van der Waals surface area (Å²) in [5, 5.41) is 10.6. The molecule has 0 radical (unpaired) electrons. The number of rotatable bonds is 11. The van der Waals surface area contributed by atoms with Crippen LogP contribution in [0.15, 0.2) is 42.7 Å². The molecule has 3 aliphatic heterocycles. The Morgan fingerprint density at radius 3 is 2.74 bits per heavy atom. The number of carbonyl (C=O) groups excluding carboxylic acids is 3. The predicted molar refractivity (Wildman–Crippen MR) is 159 cm³/mol. The number of nitrogens with zero attached hydrogens (tertiary/aromatic N) is 5. The van der Waals surface area contributed by atoms with Crippen molar-refractivity contribution in [1.29, 1.82) is 0 Å². The molecule has 4 heterocycles. The molecular weight excluding hydrogens is 550 g/mol. The number of anilines is 1. The van der Waals surface area contributed by atoms with E-state index in [0.29, 0.717) is 39.2 Å². The third kappa shape index (κ3) is 6.51. The number of hydrogen-bond donors (Lipinski definition) is 1. The maximum absolute atomic E-state index is 14.0. The van der Waals surface area contributed by atoms with Crippen LogP contribution in [0.1, 0.15) is 49.7 Å². The van der Waals surface area contributed by atoms with Crippen LogP contribution in [0.2, 0.25) is 0 Å². The number of likely N-dealkylation sites (tertiary alicyclic amines) is 1. The van der Waals surface area contributed by atoms with Gasteiger partial charge in [0.15, 0.2) is 12.4 Å². The van der Waals surface area contributed by atoms with Crippen molar-refractivity contribution in [2.45, 2.75) is 51.0 Å². The zero-order chi connectivity index (χ0) is 30.7. The van der Waals surface area contributed by atoms with E-state index in [0.717, 1.165) is 46.7 Å². The molecule has 0 aliphatic carbocycles. The minimum Gasteiger partial charge on any atom is -0.493 e. The lowest BCUT2D eigenvalue weighted by atomic mass is 9.83. The molecule has 1 aromatic carbocycles. The fourth-order valence-corrected chi connectivity index (χ4v) is 6.64. The highest BCUT2D eigenvalue weighted by Gasteiger charge is 2.47. The number of carboxylic acid groups (broad SMARTS) is 1. The van der Waals surface area contributed by atoms with E-state index in [9.17, 15) is 24.3 Å². The molecule has 5 rings (SSSR count). The van der Waals surface area contributed by atoms with Gasteiger partial charge < -0.3 is 19.6 Å². The molecule has 230 valence electrons. The number of fused-ring (bicyclic) bond motifs is 1. The first-order chi connectivity index (χ1) is 20.7. The first-order valence-corrected chi connectivity index (χ1v) is 15.2. The number of pyridine rings is 1. The van der Waals surface area contributed by atoms with Gasteiger partial charge in [0, 0.05) is 64.1 Å². The summed E-state index contributed by atoms with van der Waals surface area (Å²) in [4.78, 5) is 58.3. The summed E-state index contributed by atoms with van der Waals surface area (Å²) >= 11 is 0. The molecule has 2 fully saturated rings. The lowest BCUT2D eigenvalue weighted by Gasteiger charge is -2.34. The van der Waals surface area contributed by atoms with Crippen LogP contribution in [0.5, 0.6) is 5.75 Å². The molecule has 0 bridgehead atoms. The van der Waals surface area contributed by atoms with Gasteiger partial charge in [0.1, 0.15) is 18.5 Å². The lowest BCUT2D eigenvalue weighted by molar-refractivity contribution is -0.670. The van der Waals surface area contributed by atoms with E-state index in [2.05, 4.69) is 13.0 Å². The molecule has 1 aromatic heterocycles. The smallest absolute Gasteiger partial charge is 0.326 e. The number of carboxylic acids is 1. The Labute approximate surface area is 252 Å². The predicted octanol–water partition coefficient (Wildman–Crippen LogP) is 2.42. The third-order valence-corrected chi connectivity index (χ3v) is 9.01. The largest absolute Gasteiger partial charge is 0.493 e. The van der Waals surface area contributed by atoms with E-state index >= 15 is 0 Å². The van der Waals surface area contributed by atoms with Gasteiger partial charge in [0.05, 0.1) is 19.1 Å². The van der Waals surface area contributed by atoms with Gasteiger partial charge in [-0.2, -0.15) is 0 Å². The number of aryl methyl sites for hydroxylation is 1. The summed E-state index contributed by atoms with van der Waals surface area (Å²) in [7, 11) is 3.39. The van der Waals surface area contributed by atoms with Crippen LogP contribution in [-0.2, 0) is 27.9 Å². The van der Waals surface area contributed by atoms with Crippen LogP contribution in [0.4, 0.5) is 10.5 Å². The number of ether oxygens (including phenoxy) is 1. The molecule has 0 saturated carbocycles. The summed E-state index contributed by atoms with van der Waals surface area (Å²) in [6, 6.07) is 8.89. The van der Waals surface area contributed by atoms with Gasteiger partial charge >= 0.3 is 12.0 Å². The van der Waals surface area contributed by atoms with E-state index in [-0.39, 0.29) is 36.7 Å². The Morgan fingerprint density at radius 2 is 2.00 bits per heavy atom. The standard InChI is InChI=1S/C32H41N5O6/c1-4-5-14-37(24-7-6-13-33(2)19-24)29(39)21-36-20-25(22-8-9-27-23(18-22)12-17-43-27)30(31(40)41)26(36)10-15-35-16-11-28(38)34(3)32(35)42/h6-9,13,18-19,25-26,30H,4-5,10-12,14-17,20-21H2,1-3H3/p+1/t25-,26+,30-/m1/s1. The molecule has 2 saturated heterocycles. The average molecular weight is 593 g/mol. The molecule has 1 N–H and O–H groups in total. The van der Waals surface area contributed by atoms with E-state index in [1.54, 1.807) is 9.80 Å². The number of urea groups is 1. The summed E-state index contributed by atoms with van der Waals surface area (Å²) in [6.45, 7) is 4.33. The van der Waals surface area contributed by atoms with Gasteiger partial charge in [0.25, 0.3) is 0 Å². The van der Waals surface area contributed by atoms with E-state index in [1.165, 1.54) is 7.05 Å². The fourth-order valence-electron chi connectivity index (χ4n) is 6.64. The fraction of sp³-hybridized carbons (Fsp3) is 0.531. The molecule has 0 unspecified atom stereocenters. The second kappa shape index (κ2) is 13.1. The summed E-state index contributed by atoms with van der Waals surface area (Å²) in [5.74, 6) is -1.50. The van der Waals surface area contributed by atoms with Gasteiger partial charge in [-0.15, -0.1) is 0 Å². The Bertz CT molecular complexity index is 1380. The lowest BCUT2D eigenvalue weighted by Crippen LogP contribution is -2.52. The quantitative estimate of drug-likeness (QED) is 0.399. The summed E-state index contributed by atoms with van der Waals surface area (Å²) in [5.41, 5.74) is 2.80. The number of carbonyl (C=O) groups is 4. The first-order valence-electron chi connectivity index (χ1n) is 15.2. The number of aromatic nitrogens is 1. The van der Waals surface area contributed by atoms with Crippen molar-refractivity contribution in [3.8, 4) is 5.75 Å². The topological polar surface area (TPSA) is 115 Å². The number of amides is 4. The number of unbranched alkanes of at least 4 members (excludes halogenated alkanes) is 1. The van der Waals surface area contributed by atoms with Crippen LogP contribution in [0.3, 0.4) is 0 Å². The van der Waals surface area contributed by atoms with Crippen LogP contribution in [0.25, 0.3) is 0 Å². The maximum atomic E-state index is 14.0. The van der Waals surface area contributed by atoms with Gasteiger partial charge in [-0.25, -0.2) is 9.36 Å². The zero-order valence-electron chi connectivity index (χ0n) is 25.3. The number of benzene rings is 1. The van der Waals surface area contributed by atoms with E-state index < -0.39 is 17.9 Å². The Balaban J connectivity index is 1.43. The van der Waals surface area contributed by atoms with Gasteiger partial charge in [0.2, 0.25) is 11.8 Å². The molecule has 3 atom stereocenters. The van der Waals surface area contributed by atoms with Crippen molar-refractivity contribution < 1.29 is 33.6 Å². The van der Waals surface area contributed by atoms with E-state index in [4.69, 9.17) is 4.74 Å². The average Bonchev–Trinajstić information content (AvgIpc) is 3.60. The first kappa shape index (κ1) is 30.5. The molecule has 3 aliphatic rings. The monoisotopic (exact) mass is 592 g/mol. The molecule has 4 amide bonds. The van der Waals surface area contributed by atoms with Crippen molar-refractivity contribution in [3.05, 3.63) is 53.9 Å². The molecule has 11 heteroatoms. The van der Waals surface area contributed by atoms with Crippen molar-refractivity contribution in [3.63, 3.8) is 0 Å². The number of aliphatic carboxylic acids is 1. The second-order valence-electron chi connectivity index (χ2n) is 11.8. The molecule has 2 aromatic rings.